The fourth-order valence-electron chi connectivity index (χ4n) is 2.63. The smallest absolute Gasteiger partial charge is 0.0970 e. The first kappa shape index (κ1) is 14.6. The summed E-state index contributed by atoms with van der Waals surface area (Å²) in [5.41, 5.74) is 1.11. The SMILES string of the molecule is C=CC/C=C(\C#Cc1ccccc1)C1(O)CCCCC1. The van der Waals surface area contributed by atoms with Crippen molar-refractivity contribution < 1.29 is 5.11 Å². The van der Waals surface area contributed by atoms with Crippen LogP contribution in [-0.4, -0.2) is 10.7 Å². The van der Waals surface area contributed by atoms with Gasteiger partial charge in [0.25, 0.3) is 0 Å². The summed E-state index contributed by atoms with van der Waals surface area (Å²) in [5, 5.41) is 10.8. The molecule has 2 rings (SSSR count). The molecular formula is C19H22O. The minimum atomic E-state index is -0.733. The maximum atomic E-state index is 10.8. The predicted molar refractivity (Wildman–Crippen MR) is 84.3 cm³/mol. The van der Waals surface area contributed by atoms with E-state index in [1.807, 2.05) is 42.5 Å². The summed E-state index contributed by atoms with van der Waals surface area (Å²) < 4.78 is 0. The molecule has 1 aliphatic carbocycles. The van der Waals surface area contributed by atoms with Gasteiger partial charge in [-0.25, -0.2) is 0 Å². The summed E-state index contributed by atoms with van der Waals surface area (Å²) >= 11 is 0. The monoisotopic (exact) mass is 266 g/mol. The predicted octanol–water partition coefficient (Wildman–Crippen LogP) is 4.24. The summed E-state index contributed by atoms with van der Waals surface area (Å²) in [6.45, 7) is 3.74. The van der Waals surface area contributed by atoms with Gasteiger partial charge in [-0.05, 0) is 31.4 Å². The third-order valence-corrected chi connectivity index (χ3v) is 3.79. The Morgan fingerprint density at radius 3 is 2.55 bits per heavy atom. The van der Waals surface area contributed by atoms with E-state index < -0.39 is 5.60 Å². The van der Waals surface area contributed by atoms with Crippen molar-refractivity contribution in [1.82, 2.24) is 0 Å². The number of rotatable bonds is 3. The molecule has 0 aliphatic heterocycles. The second-order valence-electron chi connectivity index (χ2n) is 5.35. The molecule has 104 valence electrons. The van der Waals surface area contributed by atoms with Gasteiger partial charge in [0.2, 0.25) is 0 Å². The standard InChI is InChI=1S/C19H22O/c1-2-3-12-18(19(20)15-8-5-9-16-19)14-13-17-10-6-4-7-11-17/h2,4,6-7,10-12,20H,1,3,5,8-9,15-16H2/b18-12+. The van der Waals surface area contributed by atoms with Gasteiger partial charge in [0, 0.05) is 11.1 Å². The summed E-state index contributed by atoms with van der Waals surface area (Å²) in [6.07, 6.45) is 9.62. The first-order valence-corrected chi connectivity index (χ1v) is 7.35. The molecule has 20 heavy (non-hydrogen) atoms. The Balaban J connectivity index is 2.24. The van der Waals surface area contributed by atoms with Gasteiger partial charge >= 0.3 is 0 Å². The zero-order chi connectivity index (χ0) is 14.3. The van der Waals surface area contributed by atoms with Crippen LogP contribution in [0.4, 0.5) is 0 Å². The van der Waals surface area contributed by atoms with Crippen LogP contribution in [-0.2, 0) is 0 Å². The van der Waals surface area contributed by atoms with E-state index in [0.29, 0.717) is 0 Å². The molecule has 0 radical (unpaired) electrons. The minimum Gasteiger partial charge on any atom is -0.385 e. The highest BCUT2D eigenvalue weighted by atomic mass is 16.3. The molecule has 0 atom stereocenters. The van der Waals surface area contributed by atoms with Crippen LogP contribution in [0.5, 0.6) is 0 Å². The molecule has 1 heteroatoms. The Morgan fingerprint density at radius 2 is 1.90 bits per heavy atom. The van der Waals surface area contributed by atoms with E-state index in [9.17, 15) is 5.11 Å². The fraction of sp³-hybridized carbons (Fsp3) is 0.368. The van der Waals surface area contributed by atoms with E-state index in [-0.39, 0.29) is 0 Å². The van der Waals surface area contributed by atoms with Crippen LogP contribution in [0.15, 0.2) is 54.6 Å². The molecule has 0 heterocycles. The van der Waals surface area contributed by atoms with Gasteiger partial charge < -0.3 is 5.11 Å². The Kier molecular flexibility index (Phi) is 5.21. The van der Waals surface area contributed by atoms with Gasteiger partial charge in [-0.2, -0.15) is 0 Å². The molecule has 0 amide bonds. The van der Waals surface area contributed by atoms with Crippen LogP contribution in [0.1, 0.15) is 44.1 Å². The van der Waals surface area contributed by atoms with Crippen LogP contribution in [0.3, 0.4) is 0 Å². The average Bonchev–Trinajstić information content (AvgIpc) is 2.49. The van der Waals surface area contributed by atoms with Crippen molar-refractivity contribution in [3.63, 3.8) is 0 Å². The summed E-state index contributed by atoms with van der Waals surface area (Å²) in [7, 11) is 0. The fourth-order valence-corrected chi connectivity index (χ4v) is 2.63. The van der Waals surface area contributed by atoms with Crippen LogP contribution < -0.4 is 0 Å². The minimum absolute atomic E-state index is 0.733. The summed E-state index contributed by atoms with van der Waals surface area (Å²) in [4.78, 5) is 0. The normalized spacial score (nSPS) is 17.9. The maximum absolute atomic E-state index is 10.8. The first-order valence-electron chi connectivity index (χ1n) is 7.35. The average molecular weight is 266 g/mol. The third-order valence-electron chi connectivity index (χ3n) is 3.79. The molecule has 1 aromatic rings. The van der Waals surface area contributed by atoms with Crippen molar-refractivity contribution in [3.8, 4) is 11.8 Å². The Hall–Kier alpha value is -1.78. The second-order valence-corrected chi connectivity index (χ2v) is 5.35. The molecule has 1 aromatic carbocycles. The lowest BCUT2D eigenvalue weighted by molar-refractivity contribution is 0.0438. The largest absolute Gasteiger partial charge is 0.385 e. The van der Waals surface area contributed by atoms with E-state index in [0.717, 1.165) is 43.2 Å². The van der Waals surface area contributed by atoms with E-state index in [2.05, 4.69) is 18.4 Å². The number of allylic oxidation sites excluding steroid dienone is 2. The third kappa shape index (κ3) is 3.85. The van der Waals surface area contributed by atoms with Gasteiger partial charge in [0.15, 0.2) is 0 Å². The van der Waals surface area contributed by atoms with Crippen molar-refractivity contribution in [2.24, 2.45) is 0 Å². The lowest BCUT2D eigenvalue weighted by atomic mass is 9.79. The van der Waals surface area contributed by atoms with E-state index in [1.165, 1.54) is 6.42 Å². The van der Waals surface area contributed by atoms with Crippen LogP contribution in [0, 0.1) is 11.8 Å². The zero-order valence-electron chi connectivity index (χ0n) is 11.9. The van der Waals surface area contributed by atoms with Crippen molar-refractivity contribution >= 4 is 0 Å². The lowest BCUT2D eigenvalue weighted by Gasteiger charge is -2.32. The van der Waals surface area contributed by atoms with Crippen molar-refractivity contribution in [3.05, 3.63) is 60.2 Å². The van der Waals surface area contributed by atoms with Crippen molar-refractivity contribution in [2.45, 2.75) is 44.1 Å². The topological polar surface area (TPSA) is 20.2 Å². The van der Waals surface area contributed by atoms with Crippen molar-refractivity contribution in [2.75, 3.05) is 0 Å². The molecule has 0 saturated heterocycles. The zero-order valence-corrected chi connectivity index (χ0v) is 11.9. The van der Waals surface area contributed by atoms with Gasteiger partial charge in [-0.15, -0.1) is 6.58 Å². The van der Waals surface area contributed by atoms with Gasteiger partial charge in [-0.1, -0.05) is 61.5 Å². The summed E-state index contributed by atoms with van der Waals surface area (Å²) in [6, 6.07) is 9.92. The molecule has 1 aliphatic rings. The molecule has 1 nitrogen and oxygen atoms in total. The second kappa shape index (κ2) is 7.12. The molecule has 0 spiro atoms. The molecule has 1 N–H and O–H groups in total. The van der Waals surface area contributed by atoms with Crippen LogP contribution >= 0.6 is 0 Å². The number of aliphatic hydroxyl groups is 1. The number of benzene rings is 1. The number of hydrogen-bond donors (Lipinski definition) is 1. The van der Waals surface area contributed by atoms with Gasteiger partial charge in [-0.3, -0.25) is 0 Å². The molecular weight excluding hydrogens is 244 g/mol. The Morgan fingerprint density at radius 1 is 1.20 bits per heavy atom. The lowest BCUT2D eigenvalue weighted by Crippen LogP contribution is -2.33. The molecule has 1 saturated carbocycles. The molecule has 0 unspecified atom stereocenters. The van der Waals surface area contributed by atoms with Crippen molar-refractivity contribution in [1.29, 1.82) is 0 Å². The highest BCUT2D eigenvalue weighted by molar-refractivity contribution is 5.44. The highest BCUT2D eigenvalue weighted by Crippen LogP contribution is 2.34. The Labute approximate surface area is 122 Å². The quantitative estimate of drug-likeness (QED) is 0.641. The highest BCUT2D eigenvalue weighted by Gasteiger charge is 2.32. The van der Waals surface area contributed by atoms with Gasteiger partial charge in [0.1, 0.15) is 0 Å². The van der Waals surface area contributed by atoms with Crippen LogP contribution in [0.25, 0.3) is 0 Å². The number of hydrogen-bond acceptors (Lipinski definition) is 1. The van der Waals surface area contributed by atoms with Gasteiger partial charge in [0.05, 0.1) is 5.60 Å². The Bertz CT molecular complexity index is 522. The molecule has 1 fully saturated rings. The van der Waals surface area contributed by atoms with E-state index >= 15 is 0 Å². The van der Waals surface area contributed by atoms with E-state index in [1.54, 1.807) is 0 Å². The molecule has 0 bridgehead atoms. The maximum Gasteiger partial charge on any atom is 0.0970 e. The first-order chi connectivity index (χ1) is 9.74. The van der Waals surface area contributed by atoms with Crippen LogP contribution in [0.2, 0.25) is 0 Å². The summed E-state index contributed by atoms with van der Waals surface area (Å²) in [5.74, 6) is 6.36. The van der Waals surface area contributed by atoms with E-state index in [4.69, 9.17) is 0 Å². The molecule has 0 aromatic heterocycles.